The molecule has 0 aliphatic rings. The van der Waals surface area contributed by atoms with E-state index < -0.39 is 32.2 Å². The van der Waals surface area contributed by atoms with Crippen LogP contribution in [0.15, 0.2) is 17.0 Å². The van der Waals surface area contributed by atoms with Crippen LogP contribution in [-0.2, 0) is 10.0 Å². The number of hydrogen-bond donors (Lipinski definition) is 2. The number of benzene rings is 1. The van der Waals surface area contributed by atoms with Gasteiger partial charge in [-0.1, -0.05) is 25.4 Å². The lowest BCUT2D eigenvalue weighted by Gasteiger charge is -2.15. The fraction of sp³-hybridized carbons (Fsp3) is 0.417. The zero-order valence-electron chi connectivity index (χ0n) is 11.1. The molecule has 1 aromatic rings. The molecule has 0 fully saturated rings. The maximum Gasteiger partial charge on any atom is 0.254 e. The highest BCUT2D eigenvalue weighted by Gasteiger charge is 2.23. The fourth-order valence-corrected chi connectivity index (χ4v) is 2.63. The largest absolute Gasteiger partial charge is 0.349 e. The molecule has 20 heavy (non-hydrogen) atoms. The molecule has 0 saturated carbocycles. The van der Waals surface area contributed by atoms with E-state index in [1.165, 1.54) is 0 Å². The van der Waals surface area contributed by atoms with Crippen molar-refractivity contribution in [2.24, 2.45) is 5.14 Å². The molecular weight excluding hydrogens is 307 g/mol. The zero-order valence-corrected chi connectivity index (χ0v) is 12.7. The summed E-state index contributed by atoms with van der Waals surface area (Å²) >= 11 is 5.71. The van der Waals surface area contributed by atoms with Crippen molar-refractivity contribution in [3.8, 4) is 0 Å². The number of sulfonamides is 1. The van der Waals surface area contributed by atoms with E-state index in [1.54, 1.807) is 0 Å². The summed E-state index contributed by atoms with van der Waals surface area (Å²) < 4.78 is 36.6. The molecule has 112 valence electrons. The van der Waals surface area contributed by atoms with Gasteiger partial charge in [0, 0.05) is 11.1 Å². The molecule has 8 heteroatoms. The minimum Gasteiger partial charge on any atom is -0.349 e. The molecule has 0 spiro atoms. The van der Waals surface area contributed by atoms with Crippen LogP contribution in [0.3, 0.4) is 0 Å². The maximum absolute atomic E-state index is 14.1. The quantitative estimate of drug-likeness (QED) is 0.869. The van der Waals surface area contributed by atoms with Crippen LogP contribution in [0, 0.1) is 5.82 Å². The summed E-state index contributed by atoms with van der Waals surface area (Å²) in [5.74, 6) is -1.91. The molecule has 5 nitrogen and oxygen atoms in total. The summed E-state index contributed by atoms with van der Waals surface area (Å²) in [6.07, 6.45) is 1.35. The Morgan fingerprint density at radius 2 is 1.95 bits per heavy atom. The Labute approximate surface area is 122 Å². The van der Waals surface area contributed by atoms with E-state index in [0.29, 0.717) is 12.8 Å². The molecule has 0 saturated heterocycles. The van der Waals surface area contributed by atoms with Crippen molar-refractivity contribution in [3.63, 3.8) is 0 Å². The topological polar surface area (TPSA) is 89.3 Å². The Balaban J connectivity index is 3.26. The first-order valence-electron chi connectivity index (χ1n) is 6.03. The van der Waals surface area contributed by atoms with Crippen LogP contribution in [0.5, 0.6) is 0 Å². The molecule has 1 amide bonds. The van der Waals surface area contributed by atoms with Crippen molar-refractivity contribution < 1.29 is 17.6 Å². The molecule has 0 heterocycles. The number of nitrogens with two attached hydrogens (primary N) is 1. The predicted octanol–water partition coefficient (Wildman–Crippen LogP) is 2.04. The van der Waals surface area contributed by atoms with Crippen LogP contribution in [0.4, 0.5) is 4.39 Å². The van der Waals surface area contributed by atoms with E-state index in [4.69, 9.17) is 16.7 Å². The molecular formula is C12H16ClFN2O3S. The van der Waals surface area contributed by atoms with Crippen LogP contribution in [0.25, 0.3) is 0 Å². The molecule has 0 bridgehead atoms. The van der Waals surface area contributed by atoms with Gasteiger partial charge in [0.25, 0.3) is 5.91 Å². The van der Waals surface area contributed by atoms with Gasteiger partial charge in [-0.3, -0.25) is 4.79 Å². The van der Waals surface area contributed by atoms with Gasteiger partial charge in [0.15, 0.2) is 5.82 Å². The number of rotatable bonds is 5. The van der Waals surface area contributed by atoms with Gasteiger partial charge in [-0.2, -0.15) is 0 Å². The normalized spacial score (nSPS) is 11.7. The van der Waals surface area contributed by atoms with Crippen molar-refractivity contribution in [2.45, 2.75) is 37.6 Å². The smallest absolute Gasteiger partial charge is 0.254 e. The van der Waals surface area contributed by atoms with Gasteiger partial charge in [-0.25, -0.2) is 17.9 Å². The lowest BCUT2D eigenvalue weighted by Crippen LogP contribution is -2.34. The number of carbonyl (C=O) groups is 1. The first-order valence-corrected chi connectivity index (χ1v) is 7.95. The summed E-state index contributed by atoms with van der Waals surface area (Å²) in [4.78, 5) is 11.2. The molecule has 1 rings (SSSR count). The lowest BCUT2D eigenvalue weighted by atomic mass is 10.1. The van der Waals surface area contributed by atoms with Crippen LogP contribution >= 0.6 is 11.6 Å². The van der Waals surface area contributed by atoms with E-state index >= 15 is 0 Å². The van der Waals surface area contributed by atoms with Crippen LogP contribution in [0.2, 0.25) is 5.02 Å². The average Bonchev–Trinajstić information content (AvgIpc) is 2.36. The molecule has 0 atom stereocenters. The van der Waals surface area contributed by atoms with E-state index in [-0.39, 0.29) is 11.1 Å². The van der Waals surface area contributed by atoms with Gasteiger partial charge in [-0.15, -0.1) is 0 Å². The number of amides is 1. The standard InChI is InChI=1S/C12H16ClFN2O3S/c1-3-8(4-2)16-12(17)9-5-7(13)6-10(11(9)14)20(15,18)19/h5-6,8H,3-4H2,1-2H3,(H,16,17)(H2,15,18,19). The fourth-order valence-electron chi connectivity index (χ4n) is 1.69. The van der Waals surface area contributed by atoms with Crippen molar-refractivity contribution >= 4 is 27.5 Å². The van der Waals surface area contributed by atoms with Gasteiger partial charge >= 0.3 is 0 Å². The third-order valence-electron chi connectivity index (χ3n) is 2.88. The lowest BCUT2D eigenvalue weighted by molar-refractivity contribution is 0.0930. The van der Waals surface area contributed by atoms with Crippen molar-refractivity contribution in [2.75, 3.05) is 0 Å². The summed E-state index contributed by atoms with van der Waals surface area (Å²) in [5, 5.41) is 7.42. The van der Waals surface area contributed by atoms with Gasteiger partial charge < -0.3 is 5.32 Å². The summed E-state index contributed by atoms with van der Waals surface area (Å²) in [6.45, 7) is 3.75. The predicted molar refractivity (Wildman–Crippen MR) is 74.6 cm³/mol. The second-order valence-corrected chi connectivity index (χ2v) is 6.26. The third kappa shape index (κ3) is 3.91. The Bertz CT molecular complexity index is 615. The number of carbonyl (C=O) groups excluding carboxylic acids is 1. The number of nitrogens with one attached hydrogen (secondary N) is 1. The average molecular weight is 323 g/mol. The highest BCUT2D eigenvalue weighted by atomic mass is 35.5. The minimum atomic E-state index is -4.29. The van der Waals surface area contributed by atoms with E-state index in [9.17, 15) is 17.6 Å². The SMILES string of the molecule is CCC(CC)NC(=O)c1cc(Cl)cc(S(N)(=O)=O)c1F. The molecule has 0 aliphatic carbocycles. The highest BCUT2D eigenvalue weighted by Crippen LogP contribution is 2.23. The van der Waals surface area contributed by atoms with Crippen LogP contribution in [0.1, 0.15) is 37.0 Å². The second kappa shape index (κ2) is 6.51. The van der Waals surface area contributed by atoms with Crippen LogP contribution in [-0.4, -0.2) is 20.4 Å². The summed E-state index contributed by atoms with van der Waals surface area (Å²) in [5.41, 5.74) is -0.437. The zero-order chi connectivity index (χ0) is 15.5. The summed E-state index contributed by atoms with van der Waals surface area (Å²) in [6, 6.07) is 1.82. The second-order valence-electron chi connectivity index (χ2n) is 4.30. The molecule has 0 aliphatic heterocycles. The highest BCUT2D eigenvalue weighted by molar-refractivity contribution is 7.89. The van der Waals surface area contributed by atoms with E-state index in [0.717, 1.165) is 12.1 Å². The molecule has 0 aromatic heterocycles. The molecule has 0 unspecified atom stereocenters. The Morgan fingerprint density at radius 1 is 1.40 bits per heavy atom. The number of halogens is 2. The maximum atomic E-state index is 14.1. The van der Waals surface area contributed by atoms with Gasteiger partial charge in [0.1, 0.15) is 4.90 Å². The van der Waals surface area contributed by atoms with E-state index in [1.807, 2.05) is 13.8 Å². The Hall–Kier alpha value is -1.18. The Morgan fingerprint density at radius 3 is 2.40 bits per heavy atom. The van der Waals surface area contributed by atoms with Gasteiger partial charge in [0.2, 0.25) is 10.0 Å². The molecule has 3 N–H and O–H groups in total. The molecule has 1 aromatic carbocycles. The number of hydrogen-bond acceptors (Lipinski definition) is 3. The van der Waals surface area contributed by atoms with E-state index in [2.05, 4.69) is 5.32 Å². The molecule has 0 radical (unpaired) electrons. The minimum absolute atomic E-state index is 0.0786. The first kappa shape index (κ1) is 16.9. The first-order chi connectivity index (χ1) is 9.20. The van der Waals surface area contributed by atoms with Gasteiger partial charge in [0.05, 0.1) is 5.56 Å². The monoisotopic (exact) mass is 322 g/mol. The Kier molecular flexibility index (Phi) is 5.50. The van der Waals surface area contributed by atoms with Crippen molar-refractivity contribution in [1.29, 1.82) is 0 Å². The van der Waals surface area contributed by atoms with Crippen molar-refractivity contribution in [3.05, 3.63) is 28.5 Å². The third-order valence-corrected chi connectivity index (χ3v) is 4.00. The van der Waals surface area contributed by atoms with Gasteiger partial charge in [-0.05, 0) is 25.0 Å². The van der Waals surface area contributed by atoms with Crippen molar-refractivity contribution in [1.82, 2.24) is 5.32 Å². The number of primary sulfonamides is 1. The van der Waals surface area contributed by atoms with Crippen LogP contribution < -0.4 is 10.5 Å². The summed E-state index contributed by atoms with van der Waals surface area (Å²) in [7, 11) is -4.29.